The van der Waals surface area contributed by atoms with E-state index in [4.69, 9.17) is 16.7 Å². The Morgan fingerprint density at radius 2 is 1.79 bits per heavy atom. The SMILES string of the molecule is CCCN(CCO)CCS(=O)(=O)c1ccc(Cl)cc1. The molecule has 0 unspecified atom stereocenters. The van der Waals surface area contributed by atoms with Crippen LogP contribution in [0.2, 0.25) is 5.02 Å². The van der Waals surface area contributed by atoms with Crippen molar-refractivity contribution in [3.8, 4) is 0 Å². The van der Waals surface area contributed by atoms with Crippen molar-refractivity contribution >= 4 is 21.4 Å². The maximum atomic E-state index is 12.1. The van der Waals surface area contributed by atoms with Gasteiger partial charge in [-0.2, -0.15) is 0 Å². The van der Waals surface area contributed by atoms with Crippen molar-refractivity contribution in [2.24, 2.45) is 0 Å². The lowest BCUT2D eigenvalue weighted by Gasteiger charge is -2.20. The van der Waals surface area contributed by atoms with Crippen molar-refractivity contribution in [1.29, 1.82) is 0 Å². The van der Waals surface area contributed by atoms with Gasteiger partial charge in [0, 0.05) is 18.1 Å². The Hall–Kier alpha value is -0.620. The summed E-state index contributed by atoms with van der Waals surface area (Å²) in [5.74, 6) is 0.0502. The van der Waals surface area contributed by atoms with E-state index in [-0.39, 0.29) is 17.3 Å². The predicted octanol–water partition coefficient (Wildman–Crippen LogP) is 1.82. The zero-order chi connectivity index (χ0) is 14.3. The molecule has 0 radical (unpaired) electrons. The van der Waals surface area contributed by atoms with Crippen molar-refractivity contribution in [2.45, 2.75) is 18.2 Å². The first kappa shape index (κ1) is 16.4. The molecule has 0 aromatic heterocycles. The van der Waals surface area contributed by atoms with Gasteiger partial charge in [0.2, 0.25) is 0 Å². The summed E-state index contributed by atoms with van der Waals surface area (Å²) >= 11 is 5.74. The van der Waals surface area contributed by atoms with Gasteiger partial charge in [-0.1, -0.05) is 18.5 Å². The second-order valence-electron chi connectivity index (χ2n) is 4.34. The lowest BCUT2D eigenvalue weighted by atomic mass is 10.4. The topological polar surface area (TPSA) is 57.6 Å². The molecule has 0 saturated carbocycles. The molecule has 1 aromatic rings. The zero-order valence-electron chi connectivity index (χ0n) is 11.0. The summed E-state index contributed by atoms with van der Waals surface area (Å²) in [5.41, 5.74) is 0. The summed E-state index contributed by atoms with van der Waals surface area (Å²) in [7, 11) is -3.29. The van der Waals surface area contributed by atoms with E-state index < -0.39 is 9.84 Å². The van der Waals surface area contributed by atoms with Crippen LogP contribution in [0.15, 0.2) is 29.2 Å². The molecule has 0 aliphatic carbocycles. The van der Waals surface area contributed by atoms with Crippen LogP contribution in [0.1, 0.15) is 13.3 Å². The zero-order valence-corrected chi connectivity index (χ0v) is 12.6. The molecule has 0 aliphatic heterocycles. The van der Waals surface area contributed by atoms with Crippen LogP contribution in [0.25, 0.3) is 0 Å². The fraction of sp³-hybridized carbons (Fsp3) is 0.538. The molecule has 0 atom stereocenters. The number of sulfone groups is 1. The molecule has 0 aliphatic rings. The lowest BCUT2D eigenvalue weighted by molar-refractivity contribution is 0.203. The van der Waals surface area contributed by atoms with Gasteiger partial charge in [-0.25, -0.2) is 8.42 Å². The first-order valence-electron chi connectivity index (χ1n) is 6.31. The van der Waals surface area contributed by atoms with Gasteiger partial charge in [0.25, 0.3) is 0 Å². The highest BCUT2D eigenvalue weighted by Gasteiger charge is 2.16. The number of hydrogen-bond donors (Lipinski definition) is 1. The van der Waals surface area contributed by atoms with Crippen LogP contribution in [0.3, 0.4) is 0 Å². The Morgan fingerprint density at radius 3 is 2.32 bits per heavy atom. The largest absolute Gasteiger partial charge is 0.395 e. The number of nitrogens with zero attached hydrogens (tertiary/aromatic N) is 1. The van der Waals surface area contributed by atoms with Gasteiger partial charge in [-0.3, -0.25) is 0 Å². The van der Waals surface area contributed by atoms with E-state index >= 15 is 0 Å². The van der Waals surface area contributed by atoms with Gasteiger partial charge >= 0.3 is 0 Å². The van der Waals surface area contributed by atoms with E-state index in [1.807, 2.05) is 11.8 Å². The molecule has 1 rings (SSSR count). The lowest BCUT2D eigenvalue weighted by Crippen LogP contribution is -2.32. The summed E-state index contributed by atoms with van der Waals surface area (Å²) in [6.45, 7) is 3.79. The Bertz CT molecular complexity index is 467. The Morgan fingerprint density at radius 1 is 1.16 bits per heavy atom. The molecule has 0 bridgehead atoms. The first-order chi connectivity index (χ1) is 8.99. The maximum absolute atomic E-state index is 12.1. The molecule has 1 N–H and O–H groups in total. The normalized spacial score (nSPS) is 12.0. The van der Waals surface area contributed by atoms with Crippen LogP contribution in [0, 0.1) is 0 Å². The third kappa shape index (κ3) is 5.48. The molecular weight excluding hydrogens is 286 g/mol. The van der Waals surface area contributed by atoms with Gasteiger partial charge in [-0.05, 0) is 37.2 Å². The molecule has 0 fully saturated rings. The van der Waals surface area contributed by atoms with E-state index in [0.29, 0.717) is 18.1 Å². The molecule has 4 nitrogen and oxygen atoms in total. The average molecular weight is 306 g/mol. The molecule has 0 spiro atoms. The van der Waals surface area contributed by atoms with Crippen LogP contribution in [0.4, 0.5) is 0 Å². The highest BCUT2D eigenvalue weighted by molar-refractivity contribution is 7.91. The van der Waals surface area contributed by atoms with Crippen LogP contribution >= 0.6 is 11.6 Å². The standard InChI is InChI=1S/C13H20ClNO3S/c1-2-7-15(8-10-16)9-11-19(17,18)13-5-3-12(14)4-6-13/h3-6,16H,2,7-11H2,1H3. The van der Waals surface area contributed by atoms with Crippen molar-refractivity contribution in [1.82, 2.24) is 4.90 Å². The summed E-state index contributed by atoms with van der Waals surface area (Å²) in [6, 6.07) is 6.19. The smallest absolute Gasteiger partial charge is 0.179 e. The van der Waals surface area contributed by atoms with E-state index in [0.717, 1.165) is 13.0 Å². The third-order valence-electron chi connectivity index (χ3n) is 2.81. The van der Waals surface area contributed by atoms with Gasteiger partial charge in [0.05, 0.1) is 17.3 Å². The number of hydrogen-bond acceptors (Lipinski definition) is 4. The number of aliphatic hydroxyl groups excluding tert-OH is 1. The van der Waals surface area contributed by atoms with Crippen molar-refractivity contribution in [2.75, 3.05) is 32.0 Å². The average Bonchev–Trinajstić information content (AvgIpc) is 2.37. The highest BCUT2D eigenvalue weighted by Crippen LogP contribution is 2.15. The number of rotatable bonds is 8. The minimum absolute atomic E-state index is 0.0427. The Labute approximate surface area is 119 Å². The van der Waals surface area contributed by atoms with Crippen molar-refractivity contribution in [3.05, 3.63) is 29.3 Å². The molecular formula is C13H20ClNO3S. The van der Waals surface area contributed by atoms with Crippen LogP contribution < -0.4 is 0 Å². The van der Waals surface area contributed by atoms with Gasteiger partial charge in [0.1, 0.15) is 0 Å². The summed E-state index contributed by atoms with van der Waals surface area (Å²) in [5, 5.41) is 9.45. The molecule has 19 heavy (non-hydrogen) atoms. The first-order valence-corrected chi connectivity index (χ1v) is 8.34. The highest BCUT2D eigenvalue weighted by atomic mass is 35.5. The second-order valence-corrected chi connectivity index (χ2v) is 6.88. The minimum atomic E-state index is -3.29. The number of aliphatic hydroxyl groups is 1. The Balaban J connectivity index is 2.66. The summed E-state index contributed by atoms with van der Waals surface area (Å²) < 4.78 is 24.2. The fourth-order valence-corrected chi connectivity index (χ4v) is 3.21. The molecule has 6 heteroatoms. The molecule has 108 valence electrons. The maximum Gasteiger partial charge on any atom is 0.179 e. The number of benzene rings is 1. The summed E-state index contributed by atoms with van der Waals surface area (Å²) in [6.07, 6.45) is 0.932. The van der Waals surface area contributed by atoms with E-state index in [2.05, 4.69) is 0 Å². The van der Waals surface area contributed by atoms with E-state index in [1.165, 1.54) is 12.1 Å². The predicted molar refractivity (Wildman–Crippen MR) is 77.3 cm³/mol. The summed E-state index contributed by atoms with van der Waals surface area (Å²) in [4.78, 5) is 2.24. The van der Waals surface area contributed by atoms with Crippen LogP contribution in [-0.4, -0.2) is 50.4 Å². The molecule has 1 aromatic carbocycles. The minimum Gasteiger partial charge on any atom is -0.395 e. The fourth-order valence-electron chi connectivity index (χ4n) is 1.80. The third-order valence-corrected chi connectivity index (χ3v) is 4.77. The van der Waals surface area contributed by atoms with Gasteiger partial charge in [-0.15, -0.1) is 0 Å². The quantitative estimate of drug-likeness (QED) is 0.796. The second kappa shape index (κ2) is 7.85. The molecule has 0 amide bonds. The Kier molecular flexibility index (Phi) is 6.79. The van der Waals surface area contributed by atoms with Crippen molar-refractivity contribution < 1.29 is 13.5 Å². The van der Waals surface area contributed by atoms with Crippen LogP contribution in [0.5, 0.6) is 0 Å². The molecule has 0 heterocycles. The van der Waals surface area contributed by atoms with E-state index in [1.54, 1.807) is 12.1 Å². The monoisotopic (exact) mass is 305 g/mol. The van der Waals surface area contributed by atoms with E-state index in [9.17, 15) is 8.42 Å². The van der Waals surface area contributed by atoms with Crippen LogP contribution in [-0.2, 0) is 9.84 Å². The van der Waals surface area contributed by atoms with Crippen molar-refractivity contribution in [3.63, 3.8) is 0 Å². The van der Waals surface area contributed by atoms with Gasteiger partial charge in [0.15, 0.2) is 9.84 Å². The number of halogens is 1. The van der Waals surface area contributed by atoms with Gasteiger partial charge < -0.3 is 10.0 Å². The molecule has 0 saturated heterocycles.